The summed E-state index contributed by atoms with van der Waals surface area (Å²) in [4.78, 5) is 28.6. The van der Waals surface area contributed by atoms with Crippen LogP contribution in [0.25, 0.3) is 0 Å². The Bertz CT molecular complexity index is 768. The molecule has 2 aromatic carbocycles. The zero-order chi connectivity index (χ0) is 21.1. The minimum absolute atomic E-state index is 0.00573. The van der Waals surface area contributed by atoms with Crippen molar-refractivity contribution in [3.8, 4) is 0 Å². The number of carbonyl (C=O) groups is 2. The van der Waals surface area contributed by atoms with Gasteiger partial charge in [-0.15, -0.1) is 11.8 Å². The van der Waals surface area contributed by atoms with Gasteiger partial charge in [-0.05, 0) is 42.7 Å². The van der Waals surface area contributed by atoms with E-state index < -0.39 is 6.04 Å². The van der Waals surface area contributed by atoms with Gasteiger partial charge in [0.1, 0.15) is 6.04 Å². The number of thioether (sulfide) groups is 1. The van der Waals surface area contributed by atoms with Crippen molar-refractivity contribution < 1.29 is 9.59 Å². The molecule has 0 saturated heterocycles. The summed E-state index contributed by atoms with van der Waals surface area (Å²) in [6, 6.07) is 17.0. The summed E-state index contributed by atoms with van der Waals surface area (Å²) in [5, 5.41) is 3.64. The number of rotatable bonds is 11. The van der Waals surface area contributed by atoms with Crippen LogP contribution in [0, 0.1) is 0 Å². The molecule has 1 atom stereocenters. The van der Waals surface area contributed by atoms with E-state index in [9.17, 15) is 9.59 Å². The third kappa shape index (κ3) is 7.75. The lowest BCUT2D eigenvalue weighted by atomic mass is 10.1. The molecule has 2 rings (SSSR count). The molecule has 0 heterocycles. The average molecular weight is 433 g/mol. The molecule has 29 heavy (non-hydrogen) atoms. The van der Waals surface area contributed by atoms with Crippen LogP contribution in [0.1, 0.15) is 38.7 Å². The van der Waals surface area contributed by atoms with Gasteiger partial charge in [-0.25, -0.2) is 0 Å². The third-order valence-corrected chi connectivity index (χ3v) is 5.79. The summed E-state index contributed by atoms with van der Waals surface area (Å²) in [6.07, 6.45) is 1.82. The maximum Gasteiger partial charge on any atom is 0.242 e. The second-order valence-corrected chi connectivity index (χ2v) is 8.38. The van der Waals surface area contributed by atoms with E-state index in [4.69, 9.17) is 11.6 Å². The molecule has 4 nitrogen and oxygen atoms in total. The molecule has 0 radical (unpaired) electrons. The average Bonchev–Trinajstić information content (AvgIpc) is 2.74. The Kier molecular flexibility index (Phi) is 10.1. The molecule has 0 spiro atoms. The zero-order valence-electron chi connectivity index (χ0n) is 17.1. The smallest absolute Gasteiger partial charge is 0.242 e. The summed E-state index contributed by atoms with van der Waals surface area (Å²) < 4.78 is 0. The van der Waals surface area contributed by atoms with Gasteiger partial charge >= 0.3 is 0 Å². The number of amides is 2. The first-order chi connectivity index (χ1) is 14.0. The molecule has 0 unspecified atom stereocenters. The highest BCUT2D eigenvalue weighted by Crippen LogP contribution is 2.22. The number of benzene rings is 2. The van der Waals surface area contributed by atoms with Crippen molar-refractivity contribution in [2.45, 2.75) is 50.6 Å². The largest absolute Gasteiger partial charge is 0.354 e. The van der Waals surface area contributed by atoms with Gasteiger partial charge in [0, 0.05) is 35.2 Å². The molecule has 6 heteroatoms. The van der Waals surface area contributed by atoms with Gasteiger partial charge in [0.25, 0.3) is 0 Å². The van der Waals surface area contributed by atoms with E-state index in [1.54, 1.807) is 16.7 Å². The first kappa shape index (κ1) is 23.3. The van der Waals surface area contributed by atoms with Gasteiger partial charge in [0.2, 0.25) is 11.8 Å². The van der Waals surface area contributed by atoms with Crippen LogP contribution >= 0.6 is 23.4 Å². The molecule has 0 aliphatic rings. The molecule has 0 bridgehead atoms. The lowest BCUT2D eigenvalue weighted by Crippen LogP contribution is -2.49. The molecule has 1 N–H and O–H groups in total. The fraction of sp³-hybridized carbons (Fsp3) is 0.391. The Labute approximate surface area is 183 Å². The highest BCUT2D eigenvalue weighted by atomic mass is 35.5. The topological polar surface area (TPSA) is 49.4 Å². The van der Waals surface area contributed by atoms with Gasteiger partial charge in [-0.3, -0.25) is 9.59 Å². The van der Waals surface area contributed by atoms with Crippen molar-refractivity contribution in [2.24, 2.45) is 0 Å². The van der Waals surface area contributed by atoms with E-state index in [0.29, 0.717) is 36.7 Å². The Morgan fingerprint density at radius 3 is 2.38 bits per heavy atom. The molecule has 2 aromatic rings. The van der Waals surface area contributed by atoms with Gasteiger partial charge in [0.15, 0.2) is 0 Å². The summed E-state index contributed by atoms with van der Waals surface area (Å²) >= 11 is 7.54. The van der Waals surface area contributed by atoms with Crippen LogP contribution in [0.5, 0.6) is 0 Å². The van der Waals surface area contributed by atoms with Crippen molar-refractivity contribution in [2.75, 3.05) is 12.3 Å². The Balaban J connectivity index is 2.06. The molecule has 0 aromatic heterocycles. The lowest BCUT2D eigenvalue weighted by molar-refractivity contribution is -0.141. The standard InChI is InChI=1S/C23H29ClN2O2S/c1-3-15-25-23(28)21(4-2)26(17-18-8-6-5-7-9-18)22(27)14-16-29-20-12-10-19(24)11-13-20/h5-13,21H,3-4,14-17H2,1-2H3,(H,25,28)/t21-/m0/s1. The van der Waals surface area contributed by atoms with Crippen LogP contribution in [0.2, 0.25) is 5.02 Å². The third-order valence-electron chi connectivity index (χ3n) is 4.53. The molecular formula is C23H29ClN2O2S. The number of carbonyl (C=O) groups excluding carboxylic acids is 2. The number of nitrogens with zero attached hydrogens (tertiary/aromatic N) is 1. The van der Waals surface area contributed by atoms with Gasteiger partial charge in [0.05, 0.1) is 0 Å². The van der Waals surface area contributed by atoms with E-state index in [1.807, 2.05) is 68.4 Å². The highest BCUT2D eigenvalue weighted by molar-refractivity contribution is 7.99. The SMILES string of the molecule is CCCNC(=O)[C@H](CC)N(Cc1ccccc1)C(=O)CCSc1ccc(Cl)cc1. The minimum atomic E-state index is -0.463. The molecule has 2 amide bonds. The molecule has 156 valence electrons. The number of halogens is 1. The van der Waals surface area contributed by atoms with Crippen LogP contribution in [0.15, 0.2) is 59.5 Å². The van der Waals surface area contributed by atoms with Gasteiger partial charge in [-0.1, -0.05) is 55.8 Å². The van der Waals surface area contributed by atoms with E-state index in [1.165, 1.54) is 0 Å². The summed E-state index contributed by atoms with van der Waals surface area (Å²) in [5.74, 6) is 0.566. The number of hydrogen-bond donors (Lipinski definition) is 1. The summed E-state index contributed by atoms with van der Waals surface area (Å²) in [6.45, 7) is 5.02. The quantitative estimate of drug-likeness (QED) is 0.499. The predicted molar refractivity (Wildman–Crippen MR) is 121 cm³/mol. The highest BCUT2D eigenvalue weighted by Gasteiger charge is 2.28. The Hall–Kier alpha value is -1.98. The minimum Gasteiger partial charge on any atom is -0.354 e. The fourth-order valence-electron chi connectivity index (χ4n) is 3.00. The normalized spacial score (nSPS) is 11.7. The first-order valence-corrected chi connectivity index (χ1v) is 11.4. The molecule has 0 aliphatic carbocycles. The molecule has 0 aliphatic heterocycles. The predicted octanol–water partition coefficient (Wildman–Crippen LogP) is 5.16. The van der Waals surface area contributed by atoms with E-state index in [0.717, 1.165) is 16.9 Å². The fourth-order valence-corrected chi connectivity index (χ4v) is 3.96. The van der Waals surface area contributed by atoms with Crippen molar-refractivity contribution in [3.63, 3.8) is 0 Å². The maximum atomic E-state index is 13.1. The van der Waals surface area contributed by atoms with Crippen LogP contribution < -0.4 is 5.32 Å². The van der Waals surface area contributed by atoms with Gasteiger partial charge < -0.3 is 10.2 Å². The van der Waals surface area contributed by atoms with E-state index >= 15 is 0 Å². The van der Waals surface area contributed by atoms with Crippen LogP contribution in [-0.4, -0.2) is 35.1 Å². The van der Waals surface area contributed by atoms with Crippen molar-refractivity contribution >= 4 is 35.2 Å². The molecule has 0 saturated carbocycles. The zero-order valence-corrected chi connectivity index (χ0v) is 18.6. The summed E-state index contributed by atoms with van der Waals surface area (Å²) in [7, 11) is 0. The Morgan fingerprint density at radius 2 is 1.76 bits per heavy atom. The molecular weight excluding hydrogens is 404 g/mol. The first-order valence-electron chi connectivity index (χ1n) is 10.0. The van der Waals surface area contributed by atoms with Crippen molar-refractivity contribution in [1.29, 1.82) is 0 Å². The lowest BCUT2D eigenvalue weighted by Gasteiger charge is -2.30. The number of hydrogen-bond acceptors (Lipinski definition) is 3. The summed E-state index contributed by atoms with van der Waals surface area (Å²) in [5.41, 5.74) is 1.02. The van der Waals surface area contributed by atoms with Crippen LogP contribution in [0.3, 0.4) is 0 Å². The Morgan fingerprint density at radius 1 is 1.07 bits per heavy atom. The van der Waals surface area contributed by atoms with Crippen molar-refractivity contribution in [3.05, 3.63) is 65.2 Å². The monoisotopic (exact) mass is 432 g/mol. The van der Waals surface area contributed by atoms with Crippen molar-refractivity contribution in [1.82, 2.24) is 10.2 Å². The molecule has 0 fully saturated rings. The van der Waals surface area contributed by atoms with E-state index in [-0.39, 0.29) is 11.8 Å². The van der Waals surface area contributed by atoms with E-state index in [2.05, 4.69) is 5.32 Å². The maximum absolute atomic E-state index is 13.1. The van der Waals surface area contributed by atoms with Crippen LogP contribution in [-0.2, 0) is 16.1 Å². The van der Waals surface area contributed by atoms with Crippen LogP contribution in [0.4, 0.5) is 0 Å². The van der Waals surface area contributed by atoms with Gasteiger partial charge in [-0.2, -0.15) is 0 Å². The second-order valence-electron chi connectivity index (χ2n) is 6.77. The number of nitrogens with one attached hydrogen (secondary N) is 1. The second kappa shape index (κ2) is 12.6.